The molecule has 0 spiro atoms. The number of nitrogens with one attached hydrogen (secondary N) is 1. The van der Waals surface area contributed by atoms with Gasteiger partial charge in [-0.15, -0.1) is 0 Å². The number of rotatable bonds is 4. The zero-order chi connectivity index (χ0) is 16.1. The number of hydrogen-bond acceptors (Lipinski definition) is 3. The fourth-order valence-corrected chi connectivity index (χ4v) is 2.23. The van der Waals surface area contributed by atoms with Crippen molar-refractivity contribution in [3.05, 3.63) is 78.1 Å². The SMILES string of the molecule is Cc1c(OC(=O)NCc2ccccc2)cnn1-c1ccccc1. The number of ether oxygens (including phenoxy) is 1. The minimum absolute atomic E-state index is 0.422. The maximum absolute atomic E-state index is 11.9. The summed E-state index contributed by atoms with van der Waals surface area (Å²) in [4.78, 5) is 11.9. The minimum Gasteiger partial charge on any atom is -0.407 e. The van der Waals surface area contributed by atoms with Gasteiger partial charge in [0.05, 0.1) is 17.6 Å². The Morgan fingerprint density at radius 3 is 2.43 bits per heavy atom. The van der Waals surface area contributed by atoms with E-state index in [1.807, 2.05) is 67.6 Å². The van der Waals surface area contributed by atoms with Crippen LogP contribution in [0.15, 0.2) is 66.9 Å². The second-order valence-corrected chi connectivity index (χ2v) is 5.07. The predicted molar refractivity (Wildman–Crippen MR) is 87.6 cm³/mol. The van der Waals surface area contributed by atoms with E-state index in [1.54, 1.807) is 10.9 Å². The molecule has 5 heteroatoms. The molecule has 23 heavy (non-hydrogen) atoms. The Bertz CT molecular complexity index is 783. The molecule has 1 heterocycles. The van der Waals surface area contributed by atoms with Crippen LogP contribution in [-0.2, 0) is 6.54 Å². The van der Waals surface area contributed by atoms with Gasteiger partial charge in [0, 0.05) is 6.54 Å². The smallest absolute Gasteiger partial charge is 0.407 e. The highest BCUT2D eigenvalue weighted by atomic mass is 16.6. The molecule has 3 rings (SSSR count). The van der Waals surface area contributed by atoms with Gasteiger partial charge in [-0.2, -0.15) is 5.10 Å². The van der Waals surface area contributed by atoms with E-state index in [0.29, 0.717) is 12.3 Å². The van der Waals surface area contributed by atoms with Crippen LogP contribution in [0, 0.1) is 6.92 Å². The summed E-state index contributed by atoms with van der Waals surface area (Å²) in [6.07, 6.45) is 1.05. The molecule has 0 unspecified atom stereocenters. The van der Waals surface area contributed by atoms with Gasteiger partial charge < -0.3 is 10.1 Å². The topological polar surface area (TPSA) is 56.1 Å². The summed E-state index contributed by atoms with van der Waals surface area (Å²) >= 11 is 0. The summed E-state index contributed by atoms with van der Waals surface area (Å²) in [6.45, 7) is 2.28. The number of benzene rings is 2. The number of para-hydroxylation sites is 1. The minimum atomic E-state index is -0.496. The maximum Gasteiger partial charge on any atom is 0.412 e. The molecule has 2 aromatic carbocycles. The van der Waals surface area contributed by atoms with E-state index >= 15 is 0 Å². The van der Waals surface area contributed by atoms with Crippen LogP contribution in [0.2, 0.25) is 0 Å². The number of amides is 1. The molecule has 0 bridgehead atoms. The van der Waals surface area contributed by atoms with Gasteiger partial charge in [0.1, 0.15) is 0 Å². The fraction of sp³-hybridized carbons (Fsp3) is 0.111. The summed E-state index contributed by atoms with van der Waals surface area (Å²) in [5, 5.41) is 6.99. The van der Waals surface area contributed by atoms with Crippen LogP contribution >= 0.6 is 0 Å². The Balaban J connectivity index is 1.64. The second kappa shape index (κ2) is 6.79. The zero-order valence-corrected chi connectivity index (χ0v) is 12.8. The molecule has 116 valence electrons. The number of hydrogen-bond donors (Lipinski definition) is 1. The van der Waals surface area contributed by atoms with Crippen molar-refractivity contribution in [1.82, 2.24) is 15.1 Å². The first-order chi connectivity index (χ1) is 11.2. The molecule has 0 aliphatic heterocycles. The Kier molecular flexibility index (Phi) is 4.38. The maximum atomic E-state index is 11.9. The van der Waals surface area contributed by atoms with E-state index in [9.17, 15) is 4.79 Å². The number of nitrogens with zero attached hydrogens (tertiary/aromatic N) is 2. The molecule has 3 aromatic rings. The average Bonchev–Trinajstić information content (AvgIpc) is 2.95. The number of carbonyl (C=O) groups excluding carboxylic acids is 1. The molecule has 1 N–H and O–H groups in total. The third kappa shape index (κ3) is 3.58. The van der Waals surface area contributed by atoms with Gasteiger partial charge in [-0.05, 0) is 24.6 Å². The highest BCUT2D eigenvalue weighted by Crippen LogP contribution is 2.20. The van der Waals surface area contributed by atoms with Crippen LogP contribution in [0.3, 0.4) is 0 Å². The fourth-order valence-electron chi connectivity index (χ4n) is 2.23. The van der Waals surface area contributed by atoms with Crippen molar-refractivity contribution < 1.29 is 9.53 Å². The summed E-state index contributed by atoms with van der Waals surface area (Å²) < 4.78 is 7.07. The Labute approximate surface area is 134 Å². The van der Waals surface area contributed by atoms with Crippen LogP contribution in [0.25, 0.3) is 5.69 Å². The van der Waals surface area contributed by atoms with Gasteiger partial charge in [0.25, 0.3) is 0 Å². The quantitative estimate of drug-likeness (QED) is 0.803. The molecule has 0 radical (unpaired) electrons. The first-order valence-corrected chi connectivity index (χ1v) is 7.33. The lowest BCUT2D eigenvalue weighted by molar-refractivity contribution is 0.199. The molecule has 0 aliphatic carbocycles. The van der Waals surface area contributed by atoms with Gasteiger partial charge in [-0.1, -0.05) is 48.5 Å². The first-order valence-electron chi connectivity index (χ1n) is 7.33. The van der Waals surface area contributed by atoms with E-state index in [4.69, 9.17) is 4.74 Å². The van der Waals surface area contributed by atoms with Crippen molar-refractivity contribution in [2.45, 2.75) is 13.5 Å². The van der Waals surface area contributed by atoms with Crippen molar-refractivity contribution in [2.75, 3.05) is 0 Å². The molecule has 5 nitrogen and oxygen atoms in total. The van der Waals surface area contributed by atoms with Crippen molar-refractivity contribution in [3.8, 4) is 11.4 Å². The molecule has 0 saturated heterocycles. The average molecular weight is 307 g/mol. The van der Waals surface area contributed by atoms with Crippen molar-refractivity contribution in [2.24, 2.45) is 0 Å². The highest BCUT2D eigenvalue weighted by molar-refractivity contribution is 5.70. The van der Waals surface area contributed by atoms with Crippen LogP contribution in [-0.4, -0.2) is 15.9 Å². The molecular weight excluding hydrogens is 290 g/mol. The van der Waals surface area contributed by atoms with Crippen LogP contribution in [0.4, 0.5) is 4.79 Å². The van der Waals surface area contributed by atoms with Gasteiger partial charge in [-0.3, -0.25) is 0 Å². The van der Waals surface area contributed by atoms with Crippen molar-refractivity contribution in [1.29, 1.82) is 0 Å². The summed E-state index contributed by atoms with van der Waals surface area (Å²) in [7, 11) is 0. The van der Waals surface area contributed by atoms with Crippen LogP contribution < -0.4 is 10.1 Å². The van der Waals surface area contributed by atoms with Gasteiger partial charge in [0.2, 0.25) is 0 Å². The molecule has 0 saturated carbocycles. The van der Waals surface area contributed by atoms with Crippen LogP contribution in [0.1, 0.15) is 11.3 Å². The molecule has 0 fully saturated rings. The third-order valence-electron chi connectivity index (χ3n) is 3.45. The van der Waals surface area contributed by atoms with E-state index in [2.05, 4.69) is 10.4 Å². The van der Waals surface area contributed by atoms with E-state index in [1.165, 1.54) is 0 Å². The lowest BCUT2D eigenvalue weighted by Crippen LogP contribution is -2.26. The summed E-state index contributed by atoms with van der Waals surface area (Å²) in [5.74, 6) is 0.444. The van der Waals surface area contributed by atoms with Crippen molar-refractivity contribution >= 4 is 6.09 Å². The monoisotopic (exact) mass is 307 g/mol. The standard InChI is InChI=1S/C18H17N3O2/c1-14-17(13-20-21(14)16-10-6-3-7-11-16)23-18(22)19-12-15-8-4-2-5-9-15/h2-11,13H,12H2,1H3,(H,19,22). The van der Waals surface area contributed by atoms with E-state index < -0.39 is 6.09 Å². The van der Waals surface area contributed by atoms with Crippen molar-refractivity contribution in [3.63, 3.8) is 0 Å². The Hall–Kier alpha value is -3.08. The second-order valence-electron chi connectivity index (χ2n) is 5.07. The third-order valence-corrected chi connectivity index (χ3v) is 3.45. The highest BCUT2D eigenvalue weighted by Gasteiger charge is 2.12. The van der Waals surface area contributed by atoms with Gasteiger partial charge >= 0.3 is 6.09 Å². The van der Waals surface area contributed by atoms with Gasteiger partial charge in [0.15, 0.2) is 5.75 Å². The molecule has 1 aromatic heterocycles. The number of carbonyl (C=O) groups is 1. The van der Waals surface area contributed by atoms with E-state index in [-0.39, 0.29) is 0 Å². The van der Waals surface area contributed by atoms with E-state index in [0.717, 1.165) is 16.9 Å². The number of aromatic nitrogens is 2. The Morgan fingerprint density at radius 1 is 1.09 bits per heavy atom. The largest absolute Gasteiger partial charge is 0.412 e. The lowest BCUT2D eigenvalue weighted by Gasteiger charge is -2.07. The Morgan fingerprint density at radius 2 is 1.74 bits per heavy atom. The van der Waals surface area contributed by atoms with Gasteiger partial charge in [-0.25, -0.2) is 9.48 Å². The summed E-state index contributed by atoms with van der Waals surface area (Å²) in [5.41, 5.74) is 2.71. The predicted octanol–water partition coefficient (Wildman–Crippen LogP) is 3.47. The zero-order valence-electron chi connectivity index (χ0n) is 12.8. The molecule has 0 atom stereocenters. The lowest BCUT2D eigenvalue weighted by atomic mass is 10.2. The van der Waals surface area contributed by atoms with Crippen LogP contribution in [0.5, 0.6) is 5.75 Å². The molecule has 1 amide bonds. The molecular formula is C18H17N3O2. The first kappa shape index (κ1) is 14.8. The molecule has 0 aliphatic rings. The summed E-state index contributed by atoms with van der Waals surface area (Å²) in [6, 6.07) is 19.4. The normalized spacial score (nSPS) is 10.3.